The largest absolute Gasteiger partial charge is 0.508 e. The van der Waals surface area contributed by atoms with Crippen LogP contribution in [0.3, 0.4) is 0 Å². The fourth-order valence-corrected chi connectivity index (χ4v) is 3.19. The lowest BCUT2D eigenvalue weighted by Gasteiger charge is -2.03. The van der Waals surface area contributed by atoms with Crippen LogP contribution >= 0.6 is 11.8 Å². The molecule has 0 fully saturated rings. The summed E-state index contributed by atoms with van der Waals surface area (Å²) in [5, 5.41) is 17.7. The summed E-state index contributed by atoms with van der Waals surface area (Å²) in [6.45, 7) is 1.91. The molecule has 0 aliphatic carbocycles. The predicted octanol–water partition coefficient (Wildman–Crippen LogP) is 2.53. The van der Waals surface area contributed by atoms with E-state index < -0.39 is 0 Å². The van der Waals surface area contributed by atoms with Crippen LogP contribution in [0, 0.1) is 6.92 Å². The number of fused-ring (bicyclic) bond motifs is 1. The van der Waals surface area contributed by atoms with E-state index in [-0.39, 0.29) is 11.6 Å². The van der Waals surface area contributed by atoms with Crippen LogP contribution in [0.15, 0.2) is 51.2 Å². The third kappa shape index (κ3) is 2.44. The van der Waals surface area contributed by atoms with Crippen molar-refractivity contribution in [3.8, 4) is 17.1 Å². The molecule has 1 aromatic carbocycles. The number of hydrogen-bond donors (Lipinski definition) is 2. The van der Waals surface area contributed by atoms with Crippen LogP contribution in [0.2, 0.25) is 0 Å². The third-order valence-corrected chi connectivity index (χ3v) is 4.41. The number of benzene rings is 1. The molecule has 3 N–H and O–H groups in total. The Morgan fingerprint density at radius 3 is 2.88 bits per heavy atom. The van der Waals surface area contributed by atoms with Crippen molar-refractivity contribution in [3.63, 3.8) is 0 Å². The first-order valence-electron chi connectivity index (χ1n) is 7.02. The molecule has 0 atom stereocenters. The number of aryl methyl sites for hydroxylation is 1. The van der Waals surface area contributed by atoms with Crippen molar-refractivity contribution in [1.82, 2.24) is 24.7 Å². The number of nitrogens with zero attached hydrogens (tertiary/aromatic N) is 5. The van der Waals surface area contributed by atoms with Crippen molar-refractivity contribution in [2.24, 2.45) is 0 Å². The van der Waals surface area contributed by atoms with Gasteiger partial charge in [0, 0.05) is 16.8 Å². The van der Waals surface area contributed by atoms with Crippen LogP contribution in [0.4, 0.5) is 5.82 Å². The molecular weight excluding hydrogens is 328 g/mol. The number of hydrogen-bond acceptors (Lipinski definition) is 8. The summed E-state index contributed by atoms with van der Waals surface area (Å²) in [6.07, 6.45) is 3.55. The number of phenolic OH excluding ortho intramolecular Hbond substituents is 1. The summed E-state index contributed by atoms with van der Waals surface area (Å²) >= 11 is 1.44. The quantitative estimate of drug-likeness (QED) is 0.584. The second-order valence-corrected chi connectivity index (χ2v) is 6.19. The predicted molar refractivity (Wildman–Crippen MR) is 87.7 cm³/mol. The van der Waals surface area contributed by atoms with Gasteiger partial charge in [-0.1, -0.05) is 17.8 Å². The molecule has 0 amide bonds. The van der Waals surface area contributed by atoms with Crippen LogP contribution < -0.4 is 5.73 Å². The SMILES string of the molecule is Cc1c(-c2nonc2N)nc2cnc(Sc3cccc(O)c3)cn12. The second kappa shape index (κ2) is 5.53. The Morgan fingerprint density at radius 2 is 2.12 bits per heavy atom. The molecule has 3 heterocycles. The van der Waals surface area contributed by atoms with Crippen molar-refractivity contribution in [2.45, 2.75) is 16.8 Å². The molecule has 0 saturated carbocycles. The number of nitrogen functional groups attached to an aromatic ring is 1. The summed E-state index contributed by atoms with van der Waals surface area (Å²) in [5.74, 6) is 0.417. The average Bonchev–Trinajstić information content (AvgIpc) is 3.11. The first-order chi connectivity index (χ1) is 11.6. The fourth-order valence-electron chi connectivity index (χ4n) is 2.36. The highest BCUT2D eigenvalue weighted by Crippen LogP contribution is 2.30. The van der Waals surface area contributed by atoms with Gasteiger partial charge in [-0.05, 0) is 35.4 Å². The van der Waals surface area contributed by atoms with Gasteiger partial charge in [-0.3, -0.25) is 4.40 Å². The van der Waals surface area contributed by atoms with E-state index in [0.29, 0.717) is 17.0 Å². The lowest BCUT2D eigenvalue weighted by atomic mass is 10.2. The lowest BCUT2D eigenvalue weighted by molar-refractivity contribution is 0.310. The summed E-state index contributed by atoms with van der Waals surface area (Å²) in [4.78, 5) is 9.78. The van der Waals surface area contributed by atoms with E-state index in [9.17, 15) is 5.11 Å². The highest BCUT2D eigenvalue weighted by Gasteiger charge is 2.18. The second-order valence-electron chi connectivity index (χ2n) is 5.10. The Labute approximate surface area is 140 Å². The number of rotatable bonds is 3. The first-order valence-corrected chi connectivity index (χ1v) is 7.83. The van der Waals surface area contributed by atoms with E-state index in [1.807, 2.05) is 23.6 Å². The molecule has 0 unspecified atom stereocenters. The zero-order valence-corrected chi connectivity index (χ0v) is 13.4. The monoisotopic (exact) mass is 340 g/mol. The number of aromatic hydroxyl groups is 1. The van der Waals surface area contributed by atoms with Gasteiger partial charge < -0.3 is 10.8 Å². The Hall–Kier alpha value is -3.07. The summed E-state index contributed by atoms with van der Waals surface area (Å²) in [7, 11) is 0. The van der Waals surface area contributed by atoms with Crippen molar-refractivity contribution in [3.05, 3.63) is 42.4 Å². The normalized spacial score (nSPS) is 11.2. The number of imidazole rings is 1. The van der Waals surface area contributed by atoms with E-state index in [4.69, 9.17) is 5.73 Å². The third-order valence-electron chi connectivity index (χ3n) is 3.50. The van der Waals surface area contributed by atoms with E-state index in [0.717, 1.165) is 15.6 Å². The Morgan fingerprint density at radius 1 is 1.25 bits per heavy atom. The van der Waals surface area contributed by atoms with Gasteiger partial charge in [0.15, 0.2) is 17.2 Å². The highest BCUT2D eigenvalue weighted by atomic mass is 32.2. The van der Waals surface area contributed by atoms with Gasteiger partial charge in [-0.15, -0.1) is 0 Å². The summed E-state index contributed by atoms with van der Waals surface area (Å²) in [6, 6.07) is 7.01. The molecule has 0 spiro atoms. The molecule has 0 bridgehead atoms. The first kappa shape index (κ1) is 14.5. The summed E-state index contributed by atoms with van der Waals surface area (Å²) < 4.78 is 6.55. The van der Waals surface area contributed by atoms with Crippen molar-refractivity contribution < 1.29 is 9.74 Å². The van der Waals surface area contributed by atoms with Crippen molar-refractivity contribution in [1.29, 1.82) is 0 Å². The van der Waals surface area contributed by atoms with Gasteiger partial charge in [-0.2, -0.15) is 0 Å². The molecule has 0 aliphatic heterocycles. The van der Waals surface area contributed by atoms with Gasteiger partial charge in [0.2, 0.25) is 0 Å². The number of aromatic nitrogens is 5. The molecule has 0 aliphatic rings. The number of phenols is 1. The van der Waals surface area contributed by atoms with Crippen LogP contribution in [0.5, 0.6) is 5.75 Å². The molecule has 4 aromatic rings. The fraction of sp³-hybridized carbons (Fsp3) is 0.0667. The van der Waals surface area contributed by atoms with Gasteiger partial charge in [0.1, 0.15) is 16.5 Å². The van der Waals surface area contributed by atoms with E-state index in [1.165, 1.54) is 11.8 Å². The van der Waals surface area contributed by atoms with Crippen LogP contribution in [0.1, 0.15) is 5.69 Å². The minimum atomic E-state index is 0.198. The average molecular weight is 340 g/mol. The van der Waals surface area contributed by atoms with Crippen molar-refractivity contribution >= 4 is 23.2 Å². The molecule has 120 valence electrons. The van der Waals surface area contributed by atoms with Gasteiger partial charge in [0.25, 0.3) is 0 Å². The Balaban J connectivity index is 1.76. The van der Waals surface area contributed by atoms with Crippen LogP contribution in [-0.4, -0.2) is 29.8 Å². The smallest absolute Gasteiger partial charge is 0.198 e. The molecule has 24 heavy (non-hydrogen) atoms. The van der Waals surface area contributed by atoms with Crippen molar-refractivity contribution in [2.75, 3.05) is 5.73 Å². The Bertz CT molecular complexity index is 1040. The molecule has 0 radical (unpaired) electrons. The number of anilines is 1. The maximum absolute atomic E-state index is 9.56. The molecule has 0 saturated heterocycles. The van der Waals surface area contributed by atoms with Crippen LogP contribution in [0.25, 0.3) is 17.0 Å². The van der Waals surface area contributed by atoms with Gasteiger partial charge in [-0.25, -0.2) is 14.6 Å². The molecule has 4 rings (SSSR count). The van der Waals surface area contributed by atoms with Crippen LogP contribution in [-0.2, 0) is 0 Å². The standard InChI is InChI=1S/C15H12N6O2S/c1-8-13(14-15(16)20-23-19-14)18-11-6-17-12(7-21(8)11)24-10-4-2-3-9(22)5-10/h2-7,22H,1H3,(H2,16,20). The van der Waals surface area contributed by atoms with E-state index in [2.05, 4.69) is 24.9 Å². The maximum Gasteiger partial charge on any atom is 0.198 e. The van der Waals surface area contributed by atoms with Gasteiger partial charge >= 0.3 is 0 Å². The minimum absolute atomic E-state index is 0.198. The Kier molecular flexibility index (Phi) is 3.35. The lowest BCUT2D eigenvalue weighted by Crippen LogP contribution is -1.92. The highest BCUT2D eigenvalue weighted by molar-refractivity contribution is 7.99. The maximum atomic E-state index is 9.56. The topological polar surface area (TPSA) is 115 Å². The molecule has 3 aromatic heterocycles. The van der Waals surface area contributed by atoms with E-state index >= 15 is 0 Å². The molecular formula is C15H12N6O2S. The van der Waals surface area contributed by atoms with E-state index in [1.54, 1.807) is 24.4 Å². The zero-order chi connectivity index (χ0) is 16.7. The van der Waals surface area contributed by atoms with Gasteiger partial charge in [0.05, 0.1) is 6.20 Å². The molecule has 8 nitrogen and oxygen atoms in total. The minimum Gasteiger partial charge on any atom is -0.508 e. The zero-order valence-electron chi connectivity index (χ0n) is 12.5. The molecule has 9 heteroatoms. The number of nitrogens with two attached hydrogens (primary N) is 1. The summed E-state index contributed by atoms with van der Waals surface area (Å²) in [5.41, 5.74) is 8.30.